The summed E-state index contributed by atoms with van der Waals surface area (Å²) in [5.74, 6) is -0.885. The van der Waals surface area contributed by atoms with E-state index in [-0.39, 0.29) is 23.5 Å². The number of amides is 1. The van der Waals surface area contributed by atoms with Crippen molar-refractivity contribution in [2.45, 2.75) is 18.0 Å². The molecule has 12 nitrogen and oxygen atoms in total. The molecule has 0 aliphatic carbocycles. The summed E-state index contributed by atoms with van der Waals surface area (Å²) >= 11 is 1.29. The fraction of sp³-hybridized carbons (Fsp3) is 0.421. The maximum absolute atomic E-state index is 13.3. The standard InChI is InChI=1S/C19H22N3O9PS/c1-12(23)31-10-14-11-33-18-19(28-2,17(24)21(18)16(14)32(27,29-3)30-4)20-9-13-5-7-15(8-6-13)22(25)26/h5-9,18H,10-11H2,1-4H3/t18-,19-/m0/s1. The van der Waals surface area contributed by atoms with Crippen molar-refractivity contribution in [2.75, 3.05) is 33.7 Å². The summed E-state index contributed by atoms with van der Waals surface area (Å²) in [5, 5.41) is 10.1. The molecular weight excluding hydrogens is 477 g/mol. The maximum atomic E-state index is 13.3. The van der Waals surface area contributed by atoms with E-state index in [4.69, 9.17) is 18.5 Å². The van der Waals surface area contributed by atoms with Gasteiger partial charge >= 0.3 is 13.6 Å². The molecule has 178 valence electrons. The van der Waals surface area contributed by atoms with Crippen LogP contribution in [0.3, 0.4) is 0 Å². The predicted octanol–water partition coefficient (Wildman–Crippen LogP) is 2.53. The highest BCUT2D eigenvalue weighted by Gasteiger charge is 2.67. The van der Waals surface area contributed by atoms with Crippen molar-refractivity contribution in [3.05, 3.63) is 51.0 Å². The quantitative estimate of drug-likeness (QED) is 0.124. The summed E-state index contributed by atoms with van der Waals surface area (Å²) in [6.07, 6.45) is 1.38. The highest BCUT2D eigenvalue weighted by molar-refractivity contribution is 8.00. The molecule has 0 aromatic heterocycles. The summed E-state index contributed by atoms with van der Waals surface area (Å²) in [6, 6.07) is 5.63. The first-order valence-electron chi connectivity index (χ1n) is 9.51. The highest BCUT2D eigenvalue weighted by atomic mass is 32.2. The van der Waals surface area contributed by atoms with E-state index < -0.39 is 35.5 Å². The number of carbonyl (C=O) groups is 2. The topological polar surface area (TPSA) is 147 Å². The summed E-state index contributed by atoms with van der Waals surface area (Å²) in [6.45, 7) is 1.06. The minimum absolute atomic E-state index is 0.000658. The average molecular weight is 499 g/mol. The van der Waals surface area contributed by atoms with Crippen LogP contribution in [0, 0.1) is 10.1 Å². The van der Waals surface area contributed by atoms with Gasteiger partial charge in [-0.05, 0) is 17.7 Å². The molecule has 0 radical (unpaired) electrons. The zero-order valence-corrected chi connectivity index (χ0v) is 20.0. The molecule has 2 heterocycles. The molecule has 33 heavy (non-hydrogen) atoms. The Morgan fingerprint density at radius 3 is 2.48 bits per heavy atom. The van der Waals surface area contributed by atoms with Gasteiger partial charge in [-0.2, -0.15) is 0 Å². The van der Waals surface area contributed by atoms with Crippen molar-refractivity contribution >= 4 is 43.1 Å². The Balaban J connectivity index is 1.96. The van der Waals surface area contributed by atoms with E-state index in [2.05, 4.69) is 4.99 Å². The monoisotopic (exact) mass is 499 g/mol. The Labute approximate surface area is 193 Å². The zero-order chi connectivity index (χ0) is 24.4. The second-order valence-corrected chi connectivity index (χ2v) is 10.1. The third-order valence-corrected chi connectivity index (χ3v) is 8.44. The number of aliphatic imine (C=N–C) groups is 1. The van der Waals surface area contributed by atoms with Crippen LogP contribution in [0.25, 0.3) is 0 Å². The lowest BCUT2D eigenvalue weighted by Gasteiger charge is -2.54. The Kier molecular flexibility index (Phi) is 7.39. The van der Waals surface area contributed by atoms with Crippen LogP contribution in [0.15, 0.2) is 40.3 Å². The van der Waals surface area contributed by atoms with Gasteiger partial charge in [0.1, 0.15) is 17.4 Å². The van der Waals surface area contributed by atoms with Crippen LogP contribution in [-0.4, -0.2) is 72.7 Å². The number of thioether (sulfide) groups is 1. The Bertz CT molecular complexity index is 1070. The lowest BCUT2D eigenvalue weighted by Crippen LogP contribution is -2.73. The van der Waals surface area contributed by atoms with E-state index in [9.17, 15) is 24.3 Å². The third-order valence-electron chi connectivity index (χ3n) is 5.06. The SMILES string of the molecule is CO[C@@]1(N=Cc2ccc([N+](=O)[O-])cc2)C(=O)N2C(P(=O)(OC)OC)=C(COC(C)=O)CS[C@H]21. The number of methoxy groups -OCH3 is 1. The van der Waals surface area contributed by atoms with E-state index in [1.165, 1.54) is 75.4 Å². The smallest absolute Gasteiger partial charge is 0.377 e. The predicted molar refractivity (Wildman–Crippen MR) is 119 cm³/mol. The second kappa shape index (κ2) is 9.74. The number of hydrogen-bond acceptors (Lipinski definition) is 11. The highest BCUT2D eigenvalue weighted by Crippen LogP contribution is 2.63. The van der Waals surface area contributed by atoms with Crippen LogP contribution >= 0.6 is 19.4 Å². The van der Waals surface area contributed by atoms with Gasteiger partial charge in [0, 0.05) is 57.9 Å². The molecule has 2 aliphatic heterocycles. The van der Waals surface area contributed by atoms with Gasteiger partial charge in [-0.1, -0.05) is 0 Å². The summed E-state index contributed by atoms with van der Waals surface area (Å²) in [7, 11) is -0.191. The lowest BCUT2D eigenvalue weighted by atomic mass is 10.0. The largest absolute Gasteiger partial charge is 0.461 e. The first kappa shape index (κ1) is 25.1. The van der Waals surface area contributed by atoms with Gasteiger partial charge in [0.15, 0.2) is 0 Å². The van der Waals surface area contributed by atoms with Crippen LogP contribution in [-0.2, 0) is 32.7 Å². The van der Waals surface area contributed by atoms with Crippen molar-refractivity contribution in [1.82, 2.24) is 4.90 Å². The lowest BCUT2D eigenvalue weighted by molar-refractivity contribution is -0.384. The van der Waals surface area contributed by atoms with Gasteiger partial charge in [0.2, 0.25) is 0 Å². The van der Waals surface area contributed by atoms with Gasteiger partial charge in [-0.3, -0.25) is 29.2 Å². The Morgan fingerprint density at radius 1 is 1.33 bits per heavy atom. The van der Waals surface area contributed by atoms with E-state index in [0.29, 0.717) is 11.1 Å². The zero-order valence-electron chi connectivity index (χ0n) is 18.2. The van der Waals surface area contributed by atoms with Gasteiger partial charge in [-0.25, -0.2) is 4.99 Å². The van der Waals surface area contributed by atoms with Crippen molar-refractivity contribution in [3.8, 4) is 0 Å². The molecular formula is C19H22N3O9PS. The van der Waals surface area contributed by atoms with Gasteiger partial charge in [0.25, 0.3) is 17.3 Å². The molecule has 1 aromatic carbocycles. The van der Waals surface area contributed by atoms with E-state index in [1.54, 1.807) is 0 Å². The third kappa shape index (κ3) is 4.46. The molecule has 1 fully saturated rings. The summed E-state index contributed by atoms with van der Waals surface area (Å²) in [5.41, 5.74) is -0.754. The number of nitro benzene ring substituents is 1. The number of hydrogen-bond donors (Lipinski definition) is 0. The number of nitrogens with zero attached hydrogens (tertiary/aromatic N) is 3. The normalized spacial score (nSPS) is 22.8. The average Bonchev–Trinajstić information content (AvgIpc) is 2.82. The molecule has 2 aliphatic rings. The minimum atomic E-state index is -3.90. The molecule has 2 atom stereocenters. The van der Waals surface area contributed by atoms with Crippen LogP contribution in [0.1, 0.15) is 12.5 Å². The number of carbonyl (C=O) groups excluding carboxylic acids is 2. The van der Waals surface area contributed by atoms with Crippen LogP contribution in [0.5, 0.6) is 0 Å². The van der Waals surface area contributed by atoms with Crippen LogP contribution in [0.4, 0.5) is 5.69 Å². The van der Waals surface area contributed by atoms with Crippen LogP contribution < -0.4 is 0 Å². The van der Waals surface area contributed by atoms with Crippen molar-refractivity contribution in [1.29, 1.82) is 0 Å². The number of β-lactam (4-membered cyclic amide) rings is 1. The minimum Gasteiger partial charge on any atom is -0.461 e. The Morgan fingerprint density at radius 2 is 1.97 bits per heavy atom. The molecule has 1 aromatic rings. The summed E-state index contributed by atoms with van der Waals surface area (Å²) in [4.78, 5) is 40.5. The van der Waals surface area contributed by atoms with E-state index in [1.807, 2.05) is 0 Å². The molecule has 0 bridgehead atoms. The maximum Gasteiger partial charge on any atom is 0.377 e. The van der Waals surface area contributed by atoms with E-state index >= 15 is 0 Å². The number of non-ortho nitro benzene ring substituents is 1. The molecule has 14 heteroatoms. The number of nitro groups is 1. The first-order valence-corrected chi connectivity index (χ1v) is 12.1. The Hall–Kier alpha value is -2.57. The van der Waals surface area contributed by atoms with E-state index in [0.717, 1.165) is 0 Å². The number of rotatable bonds is 9. The van der Waals surface area contributed by atoms with Crippen molar-refractivity contribution in [2.24, 2.45) is 4.99 Å². The molecule has 3 rings (SSSR count). The first-order chi connectivity index (χ1) is 15.6. The van der Waals surface area contributed by atoms with Gasteiger partial charge in [0.05, 0.1) is 4.92 Å². The van der Waals surface area contributed by atoms with Gasteiger partial charge < -0.3 is 18.5 Å². The molecule has 1 saturated heterocycles. The molecule has 0 unspecified atom stereocenters. The van der Waals surface area contributed by atoms with Crippen molar-refractivity contribution in [3.63, 3.8) is 0 Å². The summed E-state index contributed by atoms with van der Waals surface area (Å²) < 4.78 is 34.1. The molecule has 1 amide bonds. The number of fused-ring (bicyclic) bond motifs is 1. The molecule has 0 saturated carbocycles. The molecule has 0 N–H and O–H groups in total. The number of esters is 1. The van der Waals surface area contributed by atoms with Gasteiger partial charge in [-0.15, -0.1) is 11.8 Å². The molecule has 0 spiro atoms. The second-order valence-electron chi connectivity index (χ2n) is 6.92. The fourth-order valence-corrected chi connectivity index (χ4v) is 6.48. The van der Waals surface area contributed by atoms with Crippen molar-refractivity contribution < 1.29 is 37.6 Å². The number of benzene rings is 1. The number of ether oxygens (including phenoxy) is 2. The van der Waals surface area contributed by atoms with Crippen LogP contribution in [0.2, 0.25) is 0 Å². The fourth-order valence-electron chi connectivity index (χ4n) is 3.38.